The standard InChI is InChI=1S/C18H24N2O3/c1-18(14-7-3-2-4-8-14)13-23-12-11-20(18)17(22)15-9-5-6-10-16(21)19-15/h2-4,7-8,15H,5-6,9-13H2,1H3,(H,19,21). The van der Waals surface area contributed by atoms with Gasteiger partial charge in [0.1, 0.15) is 6.04 Å². The Hall–Kier alpha value is -1.88. The molecule has 124 valence electrons. The van der Waals surface area contributed by atoms with Gasteiger partial charge < -0.3 is 15.0 Å². The summed E-state index contributed by atoms with van der Waals surface area (Å²) in [6, 6.07) is 9.57. The molecular weight excluding hydrogens is 292 g/mol. The summed E-state index contributed by atoms with van der Waals surface area (Å²) < 4.78 is 5.67. The van der Waals surface area contributed by atoms with Crippen LogP contribution in [0.3, 0.4) is 0 Å². The molecule has 0 saturated carbocycles. The zero-order valence-electron chi connectivity index (χ0n) is 13.6. The van der Waals surface area contributed by atoms with Crippen LogP contribution in [0, 0.1) is 0 Å². The van der Waals surface area contributed by atoms with E-state index in [-0.39, 0.29) is 11.8 Å². The normalized spacial score (nSPS) is 28.8. The first-order valence-electron chi connectivity index (χ1n) is 8.35. The van der Waals surface area contributed by atoms with Crippen LogP contribution in [0.25, 0.3) is 0 Å². The van der Waals surface area contributed by atoms with Gasteiger partial charge >= 0.3 is 0 Å². The van der Waals surface area contributed by atoms with E-state index in [1.165, 1.54) is 0 Å². The first kappa shape index (κ1) is 16.0. The van der Waals surface area contributed by atoms with Crippen LogP contribution in [0.2, 0.25) is 0 Å². The van der Waals surface area contributed by atoms with Crippen molar-refractivity contribution in [2.45, 2.75) is 44.2 Å². The molecule has 1 aromatic rings. The summed E-state index contributed by atoms with van der Waals surface area (Å²) in [5, 5.41) is 2.89. The number of benzene rings is 1. The molecule has 2 fully saturated rings. The van der Waals surface area contributed by atoms with Crippen molar-refractivity contribution in [2.75, 3.05) is 19.8 Å². The van der Waals surface area contributed by atoms with E-state index in [9.17, 15) is 9.59 Å². The van der Waals surface area contributed by atoms with E-state index >= 15 is 0 Å². The number of morpholine rings is 1. The van der Waals surface area contributed by atoms with Gasteiger partial charge in [0, 0.05) is 13.0 Å². The molecule has 2 atom stereocenters. The number of nitrogens with zero attached hydrogens (tertiary/aromatic N) is 1. The van der Waals surface area contributed by atoms with E-state index in [1.54, 1.807) is 0 Å². The fourth-order valence-corrected chi connectivity index (χ4v) is 3.49. The van der Waals surface area contributed by atoms with Crippen LogP contribution >= 0.6 is 0 Å². The average Bonchev–Trinajstić information content (AvgIpc) is 2.80. The number of nitrogens with one attached hydrogen (secondary N) is 1. The average molecular weight is 316 g/mol. The highest BCUT2D eigenvalue weighted by atomic mass is 16.5. The van der Waals surface area contributed by atoms with E-state index in [0.717, 1.165) is 18.4 Å². The summed E-state index contributed by atoms with van der Waals surface area (Å²) in [6.45, 7) is 3.60. The maximum absolute atomic E-state index is 13.1. The molecule has 2 saturated heterocycles. The topological polar surface area (TPSA) is 58.6 Å². The van der Waals surface area contributed by atoms with Crippen molar-refractivity contribution in [3.8, 4) is 0 Å². The Bertz CT molecular complexity index is 575. The molecule has 2 amide bonds. The lowest BCUT2D eigenvalue weighted by Gasteiger charge is -2.46. The molecule has 0 bridgehead atoms. The molecule has 2 aliphatic rings. The van der Waals surface area contributed by atoms with Crippen LogP contribution in [0.4, 0.5) is 0 Å². The van der Waals surface area contributed by atoms with Gasteiger partial charge in [-0.05, 0) is 25.3 Å². The molecule has 2 aliphatic heterocycles. The number of hydrogen-bond donors (Lipinski definition) is 1. The van der Waals surface area contributed by atoms with Gasteiger partial charge in [-0.1, -0.05) is 36.8 Å². The molecule has 0 radical (unpaired) electrons. The van der Waals surface area contributed by atoms with Crippen molar-refractivity contribution in [1.82, 2.24) is 10.2 Å². The van der Waals surface area contributed by atoms with E-state index in [4.69, 9.17) is 4.74 Å². The van der Waals surface area contributed by atoms with E-state index in [2.05, 4.69) is 5.32 Å². The first-order chi connectivity index (χ1) is 11.1. The third-order valence-corrected chi connectivity index (χ3v) is 4.88. The molecule has 23 heavy (non-hydrogen) atoms. The van der Waals surface area contributed by atoms with Gasteiger partial charge in [-0.15, -0.1) is 0 Å². The van der Waals surface area contributed by atoms with Crippen molar-refractivity contribution in [3.63, 3.8) is 0 Å². The fraction of sp³-hybridized carbons (Fsp3) is 0.556. The van der Waals surface area contributed by atoms with Gasteiger partial charge in [0.2, 0.25) is 11.8 Å². The third kappa shape index (κ3) is 3.24. The number of amides is 2. The summed E-state index contributed by atoms with van der Waals surface area (Å²) in [5.74, 6) is -0.00886. The number of carbonyl (C=O) groups is 2. The fourth-order valence-electron chi connectivity index (χ4n) is 3.49. The molecule has 5 nitrogen and oxygen atoms in total. The van der Waals surface area contributed by atoms with Crippen LogP contribution in [0.15, 0.2) is 30.3 Å². The van der Waals surface area contributed by atoms with E-state index in [0.29, 0.717) is 32.6 Å². The van der Waals surface area contributed by atoms with Gasteiger partial charge in [0.15, 0.2) is 0 Å². The molecule has 2 unspecified atom stereocenters. The van der Waals surface area contributed by atoms with Crippen LogP contribution in [-0.4, -0.2) is 42.5 Å². The highest BCUT2D eigenvalue weighted by molar-refractivity contribution is 5.88. The molecular formula is C18H24N2O3. The Morgan fingerprint density at radius 2 is 2.09 bits per heavy atom. The minimum absolute atomic E-state index is 0.00917. The molecule has 3 rings (SSSR count). The maximum atomic E-state index is 13.1. The van der Waals surface area contributed by atoms with Gasteiger partial charge in [-0.3, -0.25) is 9.59 Å². The lowest BCUT2D eigenvalue weighted by Crippen LogP contribution is -2.60. The Labute approximate surface area is 137 Å². The molecule has 0 aromatic heterocycles. The van der Waals surface area contributed by atoms with Crippen LogP contribution in [0.5, 0.6) is 0 Å². The lowest BCUT2D eigenvalue weighted by atomic mass is 9.89. The van der Waals surface area contributed by atoms with Crippen LogP contribution in [-0.2, 0) is 19.9 Å². The molecule has 0 aliphatic carbocycles. The molecule has 5 heteroatoms. The maximum Gasteiger partial charge on any atom is 0.246 e. The van der Waals surface area contributed by atoms with Crippen molar-refractivity contribution in [3.05, 3.63) is 35.9 Å². The van der Waals surface area contributed by atoms with Gasteiger partial charge in [0.05, 0.1) is 18.8 Å². The second kappa shape index (κ2) is 6.71. The van der Waals surface area contributed by atoms with Crippen molar-refractivity contribution in [1.29, 1.82) is 0 Å². The zero-order valence-corrected chi connectivity index (χ0v) is 13.6. The minimum atomic E-state index is -0.492. The van der Waals surface area contributed by atoms with E-state index in [1.807, 2.05) is 42.2 Å². The highest BCUT2D eigenvalue weighted by Gasteiger charge is 2.42. The number of rotatable bonds is 2. The lowest BCUT2D eigenvalue weighted by molar-refractivity contribution is -0.152. The van der Waals surface area contributed by atoms with Crippen molar-refractivity contribution >= 4 is 11.8 Å². The van der Waals surface area contributed by atoms with Gasteiger partial charge in [-0.25, -0.2) is 0 Å². The molecule has 0 spiro atoms. The Balaban J connectivity index is 1.86. The molecule has 1 aromatic carbocycles. The predicted molar refractivity (Wildman–Crippen MR) is 86.7 cm³/mol. The molecule has 1 N–H and O–H groups in total. The monoisotopic (exact) mass is 316 g/mol. The zero-order chi connectivity index (χ0) is 16.3. The second-order valence-electron chi connectivity index (χ2n) is 6.55. The largest absolute Gasteiger partial charge is 0.377 e. The SMILES string of the molecule is CC1(c2ccccc2)COCCN1C(=O)C1CCCCC(=O)N1. The quantitative estimate of drug-likeness (QED) is 0.905. The van der Waals surface area contributed by atoms with Gasteiger partial charge in [-0.2, -0.15) is 0 Å². The smallest absolute Gasteiger partial charge is 0.246 e. The Morgan fingerprint density at radius 3 is 2.87 bits per heavy atom. The van der Waals surface area contributed by atoms with Crippen LogP contribution in [0.1, 0.15) is 38.2 Å². The second-order valence-corrected chi connectivity index (χ2v) is 6.55. The summed E-state index contributed by atoms with van der Waals surface area (Å²) in [7, 11) is 0. The number of ether oxygens (including phenoxy) is 1. The van der Waals surface area contributed by atoms with E-state index < -0.39 is 11.6 Å². The number of hydrogen-bond acceptors (Lipinski definition) is 3. The Kier molecular flexibility index (Phi) is 4.66. The molecule has 2 heterocycles. The van der Waals surface area contributed by atoms with Crippen molar-refractivity contribution < 1.29 is 14.3 Å². The highest BCUT2D eigenvalue weighted by Crippen LogP contribution is 2.32. The third-order valence-electron chi connectivity index (χ3n) is 4.88. The summed E-state index contributed by atoms with van der Waals surface area (Å²) >= 11 is 0. The first-order valence-corrected chi connectivity index (χ1v) is 8.35. The number of carbonyl (C=O) groups excluding carboxylic acids is 2. The van der Waals surface area contributed by atoms with Gasteiger partial charge in [0.25, 0.3) is 0 Å². The predicted octanol–water partition coefficient (Wildman–Crippen LogP) is 1.82. The minimum Gasteiger partial charge on any atom is -0.377 e. The van der Waals surface area contributed by atoms with Crippen LogP contribution < -0.4 is 5.32 Å². The Morgan fingerprint density at radius 1 is 1.30 bits per heavy atom. The van der Waals surface area contributed by atoms with Crippen molar-refractivity contribution in [2.24, 2.45) is 0 Å². The summed E-state index contributed by atoms with van der Waals surface area (Å²) in [4.78, 5) is 26.8. The summed E-state index contributed by atoms with van der Waals surface area (Å²) in [5.41, 5.74) is 0.571. The summed E-state index contributed by atoms with van der Waals surface area (Å²) in [6.07, 6.45) is 2.99.